The van der Waals surface area contributed by atoms with Crippen LogP contribution >= 0.6 is 0 Å². The highest BCUT2D eigenvalue weighted by Gasteiger charge is 2.33. The largest absolute Gasteiger partial charge is 0.452 e. The van der Waals surface area contributed by atoms with Crippen molar-refractivity contribution in [2.75, 3.05) is 11.3 Å². The van der Waals surface area contributed by atoms with Crippen molar-refractivity contribution in [1.29, 1.82) is 5.26 Å². The third-order valence-corrected chi connectivity index (χ3v) is 6.49. The van der Waals surface area contributed by atoms with Crippen LogP contribution in [0, 0.1) is 17.1 Å². The molecule has 0 atom stereocenters. The van der Waals surface area contributed by atoms with E-state index in [1.807, 2.05) is 0 Å². The van der Waals surface area contributed by atoms with Crippen LogP contribution in [0.1, 0.15) is 42.5 Å². The van der Waals surface area contributed by atoms with E-state index in [9.17, 15) is 27.7 Å². The van der Waals surface area contributed by atoms with Gasteiger partial charge >= 0.3 is 5.97 Å². The van der Waals surface area contributed by atoms with Gasteiger partial charge in [-0.15, -0.1) is 0 Å². The van der Waals surface area contributed by atoms with Crippen LogP contribution in [0.25, 0.3) is 0 Å². The van der Waals surface area contributed by atoms with Crippen molar-refractivity contribution in [3.05, 3.63) is 59.9 Å². The molecule has 1 aliphatic carbocycles. The van der Waals surface area contributed by atoms with Crippen molar-refractivity contribution in [2.45, 2.75) is 42.5 Å². The second-order valence-electron chi connectivity index (χ2n) is 7.52. The van der Waals surface area contributed by atoms with Gasteiger partial charge in [-0.25, -0.2) is 17.6 Å². The zero-order valence-electron chi connectivity index (χ0n) is 17.1. The number of ether oxygens (including phenoxy) is 1. The molecule has 0 aromatic heterocycles. The number of halogens is 1. The first-order valence-electron chi connectivity index (χ1n) is 10.0. The molecular formula is C22H22FN3O5S. The summed E-state index contributed by atoms with van der Waals surface area (Å²) in [4.78, 5) is 24.3. The number of nitrogens with one attached hydrogen (secondary N) is 2. The fourth-order valence-electron chi connectivity index (χ4n) is 3.46. The van der Waals surface area contributed by atoms with Crippen LogP contribution in [-0.2, 0) is 19.6 Å². The summed E-state index contributed by atoms with van der Waals surface area (Å²) in [5.41, 5.74) is -0.848. The summed E-state index contributed by atoms with van der Waals surface area (Å²) in [7, 11) is -4.04. The maximum Gasteiger partial charge on any atom is 0.338 e. The van der Waals surface area contributed by atoms with Crippen LogP contribution in [0.4, 0.5) is 10.1 Å². The number of benzene rings is 2. The van der Waals surface area contributed by atoms with Gasteiger partial charge in [-0.05, 0) is 55.3 Å². The van der Waals surface area contributed by atoms with Gasteiger partial charge < -0.3 is 10.1 Å². The first-order valence-corrected chi connectivity index (χ1v) is 11.5. The summed E-state index contributed by atoms with van der Waals surface area (Å²) < 4.78 is 45.4. The van der Waals surface area contributed by atoms with Gasteiger partial charge in [-0.3, -0.25) is 9.52 Å². The molecule has 1 amide bonds. The van der Waals surface area contributed by atoms with Crippen molar-refractivity contribution in [2.24, 2.45) is 0 Å². The van der Waals surface area contributed by atoms with Gasteiger partial charge in [0.2, 0.25) is 0 Å². The molecule has 1 saturated carbocycles. The molecule has 3 rings (SSSR count). The molecule has 8 nitrogen and oxygen atoms in total. The molecule has 1 fully saturated rings. The molecule has 0 heterocycles. The van der Waals surface area contributed by atoms with Crippen molar-refractivity contribution in [3.63, 3.8) is 0 Å². The fraction of sp³-hybridized carbons (Fsp3) is 0.318. The zero-order chi connectivity index (χ0) is 23.2. The van der Waals surface area contributed by atoms with E-state index in [1.54, 1.807) is 0 Å². The fourth-order valence-corrected chi connectivity index (χ4v) is 4.56. The van der Waals surface area contributed by atoms with Crippen LogP contribution in [0.2, 0.25) is 0 Å². The van der Waals surface area contributed by atoms with Gasteiger partial charge in [0.05, 0.1) is 16.5 Å². The lowest BCUT2D eigenvalue weighted by atomic mass is 9.83. The van der Waals surface area contributed by atoms with Crippen LogP contribution in [0.15, 0.2) is 53.4 Å². The van der Waals surface area contributed by atoms with E-state index >= 15 is 0 Å². The molecule has 168 valence electrons. The number of carbonyl (C=O) groups is 2. The molecule has 2 N–H and O–H groups in total. The minimum Gasteiger partial charge on any atom is -0.452 e. The molecule has 0 aliphatic heterocycles. The zero-order valence-corrected chi connectivity index (χ0v) is 18.0. The summed E-state index contributed by atoms with van der Waals surface area (Å²) in [5, 5.41) is 12.1. The van der Waals surface area contributed by atoms with E-state index < -0.39 is 39.9 Å². The smallest absolute Gasteiger partial charge is 0.338 e. The Bertz CT molecular complexity index is 1140. The lowest BCUT2D eigenvalue weighted by Gasteiger charge is -2.31. The lowest BCUT2D eigenvalue weighted by molar-refractivity contribution is -0.125. The summed E-state index contributed by atoms with van der Waals surface area (Å²) in [6, 6.07) is 12.0. The topological polar surface area (TPSA) is 125 Å². The van der Waals surface area contributed by atoms with Crippen molar-refractivity contribution in [3.8, 4) is 6.07 Å². The van der Waals surface area contributed by atoms with E-state index in [-0.39, 0.29) is 16.1 Å². The van der Waals surface area contributed by atoms with Gasteiger partial charge in [0.1, 0.15) is 11.4 Å². The number of carbonyl (C=O) groups excluding carboxylic acids is 2. The highest BCUT2D eigenvalue weighted by atomic mass is 32.2. The molecule has 0 unspecified atom stereocenters. The SMILES string of the molecule is N#CC1(NC(=O)COC(=O)c2cccc(S(=O)(=O)Nc3ccc(F)cc3)c2)CCCCC1. The van der Waals surface area contributed by atoms with Crippen LogP contribution in [0.5, 0.6) is 0 Å². The van der Waals surface area contributed by atoms with E-state index in [4.69, 9.17) is 4.74 Å². The average molecular weight is 459 g/mol. The normalized spacial score (nSPS) is 15.2. The van der Waals surface area contributed by atoms with E-state index in [0.717, 1.165) is 37.5 Å². The number of anilines is 1. The Balaban J connectivity index is 1.63. The minimum absolute atomic E-state index is 0.0626. The maximum atomic E-state index is 13.0. The molecule has 0 bridgehead atoms. The first-order chi connectivity index (χ1) is 15.2. The van der Waals surface area contributed by atoms with Gasteiger partial charge in [0, 0.05) is 5.69 Å². The lowest BCUT2D eigenvalue weighted by Crippen LogP contribution is -2.50. The molecule has 10 heteroatoms. The highest BCUT2D eigenvalue weighted by molar-refractivity contribution is 7.92. The average Bonchev–Trinajstić information content (AvgIpc) is 2.79. The number of hydrogen-bond donors (Lipinski definition) is 2. The van der Waals surface area contributed by atoms with Gasteiger partial charge in [-0.2, -0.15) is 5.26 Å². The third-order valence-electron chi connectivity index (χ3n) is 5.11. The van der Waals surface area contributed by atoms with E-state index in [1.165, 1.54) is 30.3 Å². The maximum absolute atomic E-state index is 13.0. The summed E-state index contributed by atoms with van der Waals surface area (Å²) in [5.74, 6) is -1.98. The van der Waals surface area contributed by atoms with Crippen LogP contribution in [0.3, 0.4) is 0 Å². The number of amides is 1. The van der Waals surface area contributed by atoms with Gasteiger partial charge in [0.25, 0.3) is 15.9 Å². The quantitative estimate of drug-likeness (QED) is 0.613. The monoisotopic (exact) mass is 459 g/mol. The Morgan fingerprint density at radius 2 is 1.78 bits per heavy atom. The number of hydrogen-bond acceptors (Lipinski definition) is 6. The Hall–Kier alpha value is -3.45. The number of sulfonamides is 1. The van der Waals surface area contributed by atoms with Crippen molar-refractivity contribution < 1.29 is 27.1 Å². The molecule has 0 radical (unpaired) electrons. The van der Waals surface area contributed by atoms with E-state index in [2.05, 4.69) is 16.1 Å². The number of nitrogens with zero attached hydrogens (tertiary/aromatic N) is 1. The second kappa shape index (κ2) is 9.78. The number of rotatable bonds is 7. The molecule has 2 aromatic rings. The predicted molar refractivity (Wildman–Crippen MR) is 114 cm³/mol. The Morgan fingerprint density at radius 3 is 2.44 bits per heavy atom. The molecule has 32 heavy (non-hydrogen) atoms. The highest BCUT2D eigenvalue weighted by Crippen LogP contribution is 2.27. The number of esters is 1. The number of nitriles is 1. The summed E-state index contributed by atoms with van der Waals surface area (Å²) in [6.07, 6.45) is 3.76. The third kappa shape index (κ3) is 5.82. The summed E-state index contributed by atoms with van der Waals surface area (Å²) >= 11 is 0. The predicted octanol–water partition coefficient (Wildman–Crippen LogP) is 3.13. The second-order valence-corrected chi connectivity index (χ2v) is 9.20. The minimum atomic E-state index is -4.04. The first kappa shape index (κ1) is 23.2. The Labute approximate surface area is 185 Å². The standard InChI is InChI=1S/C22H22FN3O5S/c23-17-7-9-18(10-8-17)26-32(29,30)19-6-4-5-16(13-19)21(28)31-14-20(27)25-22(15-24)11-2-1-3-12-22/h4-10,13,26H,1-3,11-12,14H2,(H,25,27). The molecule has 1 aliphatic rings. The van der Waals surface area contributed by atoms with Crippen LogP contribution < -0.4 is 10.0 Å². The van der Waals surface area contributed by atoms with Crippen molar-refractivity contribution >= 4 is 27.6 Å². The molecular weight excluding hydrogens is 437 g/mol. The van der Waals surface area contributed by atoms with Crippen LogP contribution in [-0.4, -0.2) is 32.4 Å². The Morgan fingerprint density at radius 1 is 1.09 bits per heavy atom. The van der Waals surface area contributed by atoms with E-state index in [0.29, 0.717) is 12.8 Å². The van der Waals surface area contributed by atoms with Gasteiger partial charge in [-0.1, -0.05) is 25.3 Å². The van der Waals surface area contributed by atoms with Crippen molar-refractivity contribution in [1.82, 2.24) is 5.32 Å². The molecule has 0 spiro atoms. The Kier molecular flexibility index (Phi) is 7.10. The molecule has 0 saturated heterocycles. The summed E-state index contributed by atoms with van der Waals surface area (Å²) in [6.45, 7) is -0.590. The molecule has 2 aromatic carbocycles. The van der Waals surface area contributed by atoms with Gasteiger partial charge in [0.15, 0.2) is 6.61 Å².